The van der Waals surface area contributed by atoms with Crippen LogP contribution in [-0.2, 0) is 14.0 Å². The van der Waals surface area contributed by atoms with E-state index in [9.17, 15) is 0 Å². The zero-order chi connectivity index (χ0) is 10.9. The van der Waals surface area contributed by atoms with Gasteiger partial charge in [-0.3, -0.25) is 0 Å². The van der Waals surface area contributed by atoms with E-state index < -0.39 is 15.4 Å². The minimum atomic E-state index is -1.10. The van der Waals surface area contributed by atoms with Gasteiger partial charge in [0.25, 0.3) is 0 Å². The van der Waals surface area contributed by atoms with Crippen LogP contribution in [0.5, 0.6) is 0 Å². The standard InChI is InChI=1S/C5H10Si.C3H9BO3/c1-5-6(2,3)4;1-5-4(6-2)7-3/h1H,2-4H3;1-3H3. The summed E-state index contributed by atoms with van der Waals surface area (Å²) >= 11 is 0. The van der Waals surface area contributed by atoms with Crippen LogP contribution in [0, 0.1) is 12.0 Å². The fraction of sp³-hybridized carbons (Fsp3) is 0.750. The summed E-state index contributed by atoms with van der Waals surface area (Å²) in [5, 5.41) is 0. The first-order valence-electron chi connectivity index (χ1n) is 3.97. The molecule has 0 atom stereocenters. The number of hydrogen-bond acceptors (Lipinski definition) is 3. The topological polar surface area (TPSA) is 27.7 Å². The van der Waals surface area contributed by atoms with E-state index in [4.69, 9.17) is 6.42 Å². The molecule has 3 nitrogen and oxygen atoms in total. The smallest absolute Gasteiger partial charge is 0.389 e. The van der Waals surface area contributed by atoms with Crippen LogP contribution in [0.15, 0.2) is 0 Å². The van der Waals surface area contributed by atoms with Crippen LogP contribution in [0.2, 0.25) is 19.6 Å². The zero-order valence-corrected chi connectivity index (χ0v) is 10.4. The maximum atomic E-state index is 5.12. The van der Waals surface area contributed by atoms with Crippen molar-refractivity contribution in [2.75, 3.05) is 21.3 Å². The Morgan fingerprint density at radius 2 is 1.23 bits per heavy atom. The Balaban J connectivity index is 0. The van der Waals surface area contributed by atoms with Crippen LogP contribution >= 0.6 is 0 Å². The average Bonchev–Trinajstić information content (AvgIpc) is 2.07. The summed E-state index contributed by atoms with van der Waals surface area (Å²) < 4.78 is 13.8. The molecule has 0 heterocycles. The van der Waals surface area contributed by atoms with Crippen molar-refractivity contribution in [3.63, 3.8) is 0 Å². The van der Waals surface area contributed by atoms with Gasteiger partial charge in [0, 0.05) is 21.3 Å². The molecule has 0 aromatic heterocycles. The maximum absolute atomic E-state index is 5.12. The molecule has 76 valence electrons. The number of hydrogen-bond donors (Lipinski definition) is 0. The van der Waals surface area contributed by atoms with Crippen molar-refractivity contribution >= 4 is 15.4 Å². The van der Waals surface area contributed by atoms with Gasteiger partial charge in [0.05, 0.1) is 0 Å². The van der Waals surface area contributed by atoms with Gasteiger partial charge in [0.1, 0.15) is 8.07 Å². The normalized spacial score (nSPS) is 9.62. The Bertz CT molecular complexity index is 141. The van der Waals surface area contributed by atoms with Crippen molar-refractivity contribution in [1.82, 2.24) is 0 Å². The quantitative estimate of drug-likeness (QED) is 0.511. The molecular weight excluding hydrogens is 183 g/mol. The lowest BCUT2D eigenvalue weighted by molar-refractivity contribution is 0.163. The van der Waals surface area contributed by atoms with E-state index >= 15 is 0 Å². The molecule has 0 saturated heterocycles. The summed E-state index contributed by atoms with van der Waals surface area (Å²) in [6, 6.07) is 0. The van der Waals surface area contributed by atoms with Crippen LogP contribution in [0.3, 0.4) is 0 Å². The summed E-state index contributed by atoms with van der Waals surface area (Å²) in [5.41, 5.74) is 2.74. The Kier molecular flexibility index (Phi) is 9.74. The van der Waals surface area contributed by atoms with Crippen molar-refractivity contribution in [2.45, 2.75) is 19.6 Å². The van der Waals surface area contributed by atoms with Gasteiger partial charge in [-0.2, -0.15) is 0 Å². The molecule has 0 radical (unpaired) electrons. The number of rotatable bonds is 3. The third-order valence-corrected chi connectivity index (χ3v) is 1.88. The second-order valence-corrected chi connectivity index (χ2v) is 8.18. The van der Waals surface area contributed by atoms with Crippen molar-refractivity contribution in [2.24, 2.45) is 0 Å². The molecule has 0 aromatic carbocycles. The van der Waals surface area contributed by atoms with Crippen LogP contribution in [0.1, 0.15) is 0 Å². The number of terminal acetylenes is 1. The molecule has 13 heavy (non-hydrogen) atoms. The van der Waals surface area contributed by atoms with Gasteiger partial charge < -0.3 is 14.0 Å². The molecule has 0 saturated carbocycles. The van der Waals surface area contributed by atoms with Gasteiger partial charge in [0.15, 0.2) is 0 Å². The molecule has 0 aliphatic carbocycles. The molecule has 0 unspecified atom stereocenters. The van der Waals surface area contributed by atoms with Crippen molar-refractivity contribution in [3.8, 4) is 12.0 Å². The molecule has 0 amide bonds. The van der Waals surface area contributed by atoms with E-state index in [0.717, 1.165) is 0 Å². The Morgan fingerprint density at radius 1 is 1.00 bits per heavy atom. The van der Waals surface area contributed by atoms with E-state index in [1.54, 1.807) is 0 Å². The molecular formula is C8H19BO3Si. The van der Waals surface area contributed by atoms with Gasteiger partial charge in [-0.1, -0.05) is 19.6 Å². The van der Waals surface area contributed by atoms with Crippen molar-refractivity contribution in [3.05, 3.63) is 0 Å². The lowest BCUT2D eigenvalue weighted by Crippen LogP contribution is -2.21. The van der Waals surface area contributed by atoms with Gasteiger partial charge >= 0.3 is 7.32 Å². The first kappa shape index (κ1) is 15.2. The van der Waals surface area contributed by atoms with Crippen LogP contribution in [-0.4, -0.2) is 36.7 Å². The Morgan fingerprint density at radius 3 is 1.23 bits per heavy atom. The average molecular weight is 202 g/mol. The molecule has 0 spiro atoms. The predicted octanol–water partition coefficient (Wildman–Crippen LogP) is 1.41. The van der Waals surface area contributed by atoms with Gasteiger partial charge in [-0.15, -0.1) is 12.0 Å². The third kappa shape index (κ3) is 14.6. The molecule has 0 bridgehead atoms. The molecule has 0 N–H and O–H groups in total. The molecule has 0 aliphatic heterocycles. The predicted molar refractivity (Wildman–Crippen MR) is 59.0 cm³/mol. The van der Waals surface area contributed by atoms with E-state index in [-0.39, 0.29) is 0 Å². The minimum Gasteiger partial charge on any atom is -0.389 e. The highest BCUT2D eigenvalue weighted by Gasteiger charge is 2.12. The Labute approximate surface area is 82.9 Å². The lowest BCUT2D eigenvalue weighted by Gasteiger charge is -2.01. The van der Waals surface area contributed by atoms with Gasteiger partial charge in [-0.25, -0.2) is 0 Å². The van der Waals surface area contributed by atoms with E-state index in [1.807, 2.05) is 0 Å². The first-order valence-corrected chi connectivity index (χ1v) is 7.47. The SMILES string of the molecule is C#C[Si](C)(C)C.COB(OC)OC. The monoisotopic (exact) mass is 202 g/mol. The molecule has 0 fully saturated rings. The largest absolute Gasteiger partial charge is 0.638 e. The molecule has 0 aromatic rings. The van der Waals surface area contributed by atoms with Crippen LogP contribution in [0.4, 0.5) is 0 Å². The minimum absolute atomic E-state index is 0.514. The maximum Gasteiger partial charge on any atom is 0.638 e. The summed E-state index contributed by atoms with van der Waals surface area (Å²) in [7, 11) is 2.92. The fourth-order valence-corrected chi connectivity index (χ4v) is 0.289. The lowest BCUT2D eigenvalue weighted by atomic mass is 10.2. The van der Waals surface area contributed by atoms with E-state index in [2.05, 4.69) is 39.1 Å². The highest BCUT2D eigenvalue weighted by atomic mass is 28.3. The fourth-order valence-electron chi connectivity index (χ4n) is 0.289. The summed E-state index contributed by atoms with van der Waals surface area (Å²) in [6.07, 6.45) is 5.12. The molecule has 0 aliphatic rings. The van der Waals surface area contributed by atoms with Crippen molar-refractivity contribution in [1.29, 1.82) is 0 Å². The highest BCUT2D eigenvalue weighted by Crippen LogP contribution is 1.94. The first-order chi connectivity index (χ1) is 5.91. The molecule has 5 heteroatoms. The van der Waals surface area contributed by atoms with E-state index in [0.29, 0.717) is 0 Å². The second kappa shape index (κ2) is 8.33. The summed E-state index contributed by atoms with van der Waals surface area (Å²) in [4.78, 5) is 0. The molecule has 0 rings (SSSR count). The van der Waals surface area contributed by atoms with Crippen LogP contribution < -0.4 is 0 Å². The second-order valence-electron chi connectivity index (χ2n) is 3.39. The van der Waals surface area contributed by atoms with Gasteiger partial charge in [-0.05, 0) is 0 Å². The zero-order valence-electron chi connectivity index (χ0n) is 9.38. The van der Waals surface area contributed by atoms with Gasteiger partial charge in [0.2, 0.25) is 0 Å². The summed E-state index contributed by atoms with van der Waals surface area (Å²) in [5.74, 6) is 0. The third-order valence-electron chi connectivity index (χ3n) is 1.01. The highest BCUT2D eigenvalue weighted by molar-refractivity contribution is 6.83. The van der Waals surface area contributed by atoms with Crippen molar-refractivity contribution < 1.29 is 14.0 Å². The van der Waals surface area contributed by atoms with E-state index in [1.165, 1.54) is 21.3 Å². The summed E-state index contributed by atoms with van der Waals surface area (Å²) in [6.45, 7) is 6.44. The van der Waals surface area contributed by atoms with Crippen LogP contribution in [0.25, 0.3) is 0 Å². The Hall–Kier alpha value is -0.278.